The Morgan fingerprint density at radius 3 is 2.59 bits per heavy atom. The highest BCUT2D eigenvalue weighted by Crippen LogP contribution is 2.20. The van der Waals surface area contributed by atoms with Crippen LogP contribution >= 0.6 is 11.8 Å². The van der Waals surface area contributed by atoms with Gasteiger partial charge >= 0.3 is 0 Å². The van der Waals surface area contributed by atoms with Gasteiger partial charge in [-0.2, -0.15) is 0 Å². The van der Waals surface area contributed by atoms with E-state index in [1.165, 1.54) is 22.9 Å². The monoisotopic (exact) mass is 417 g/mol. The summed E-state index contributed by atoms with van der Waals surface area (Å²) in [6.45, 7) is 9.65. The third-order valence-electron chi connectivity index (χ3n) is 4.59. The summed E-state index contributed by atoms with van der Waals surface area (Å²) in [5, 5.41) is 9.15. The summed E-state index contributed by atoms with van der Waals surface area (Å²) in [6, 6.07) is 6.27. The van der Waals surface area contributed by atoms with Gasteiger partial charge in [0.15, 0.2) is 5.16 Å². The smallest absolute Gasteiger partial charge is 0.233 e. The van der Waals surface area contributed by atoms with Gasteiger partial charge in [0.1, 0.15) is 5.82 Å². The van der Waals surface area contributed by atoms with E-state index in [1.54, 1.807) is 4.90 Å². The molecule has 1 aromatic heterocycles. The second kappa shape index (κ2) is 10.4. The predicted molar refractivity (Wildman–Crippen MR) is 115 cm³/mol. The van der Waals surface area contributed by atoms with E-state index < -0.39 is 0 Å². The average Bonchev–Trinajstić information content (AvgIpc) is 3.01. The van der Waals surface area contributed by atoms with Crippen LogP contribution in [-0.2, 0) is 29.1 Å². The zero-order chi connectivity index (χ0) is 21.6. The van der Waals surface area contributed by atoms with Crippen molar-refractivity contribution in [1.29, 1.82) is 0 Å². The van der Waals surface area contributed by atoms with Gasteiger partial charge in [0.25, 0.3) is 0 Å². The fourth-order valence-electron chi connectivity index (χ4n) is 3.00. The number of aromatic nitrogens is 3. The van der Waals surface area contributed by atoms with Gasteiger partial charge < -0.3 is 15.2 Å². The van der Waals surface area contributed by atoms with Crippen LogP contribution in [0.2, 0.25) is 0 Å². The molecule has 2 rings (SSSR count). The number of nitrogens with zero attached hydrogens (tertiary/aromatic N) is 4. The van der Waals surface area contributed by atoms with Crippen LogP contribution in [0.5, 0.6) is 0 Å². The number of carbonyl (C=O) groups excluding carboxylic acids is 2. The van der Waals surface area contributed by atoms with E-state index in [9.17, 15) is 9.59 Å². The Morgan fingerprint density at radius 1 is 1.24 bits per heavy atom. The van der Waals surface area contributed by atoms with Crippen molar-refractivity contribution in [3.8, 4) is 0 Å². The minimum Gasteiger partial charge on any atom is -0.370 e. The molecule has 0 aliphatic carbocycles. The quantitative estimate of drug-likeness (QED) is 0.600. The molecule has 0 saturated carbocycles. The van der Waals surface area contributed by atoms with E-state index >= 15 is 0 Å². The largest absolute Gasteiger partial charge is 0.370 e. The van der Waals surface area contributed by atoms with Gasteiger partial charge in [-0.1, -0.05) is 49.4 Å². The molecule has 0 bridgehead atoms. The third-order valence-corrected chi connectivity index (χ3v) is 5.54. The number of hydrogen-bond donors (Lipinski definition) is 1. The summed E-state index contributed by atoms with van der Waals surface area (Å²) in [6.07, 6.45) is 0.689. The van der Waals surface area contributed by atoms with E-state index in [1.807, 2.05) is 11.6 Å². The van der Waals surface area contributed by atoms with Gasteiger partial charge in [-0.25, -0.2) is 0 Å². The predicted octanol–water partition coefficient (Wildman–Crippen LogP) is 2.72. The lowest BCUT2D eigenvalue weighted by Crippen LogP contribution is -2.28. The molecule has 0 atom stereocenters. The molecule has 0 aliphatic rings. The standard InChI is InChI=1S/C21H31N5O2S/c1-14(2)11-26-19(9-8-18(22)27)23-24-21(26)29-13-20(28)25(5)12-17-7-6-15(3)10-16(17)4/h6-7,10,14H,8-9,11-13H2,1-5H3,(H2,22,27). The average molecular weight is 418 g/mol. The van der Waals surface area contributed by atoms with E-state index in [-0.39, 0.29) is 24.0 Å². The highest BCUT2D eigenvalue weighted by atomic mass is 32.2. The van der Waals surface area contributed by atoms with Crippen LogP contribution in [0.3, 0.4) is 0 Å². The second-order valence-electron chi connectivity index (χ2n) is 7.84. The van der Waals surface area contributed by atoms with Crippen molar-refractivity contribution >= 4 is 23.6 Å². The van der Waals surface area contributed by atoms with Gasteiger partial charge in [0.2, 0.25) is 11.8 Å². The summed E-state index contributed by atoms with van der Waals surface area (Å²) in [5.41, 5.74) is 8.81. The molecule has 1 heterocycles. The van der Waals surface area contributed by atoms with Crippen LogP contribution < -0.4 is 5.73 Å². The summed E-state index contributed by atoms with van der Waals surface area (Å²) in [7, 11) is 1.82. The maximum absolute atomic E-state index is 12.6. The third kappa shape index (κ3) is 6.88. The molecular formula is C21H31N5O2S. The normalized spacial score (nSPS) is 11.1. The van der Waals surface area contributed by atoms with Crippen LogP contribution in [0.1, 0.15) is 42.8 Å². The van der Waals surface area contributed by atoms with Crippen LogP contribution in [0, 0.1) is 19.8 Å². The lowest BCUT2D eigenvalue weighted by atomic mass is 10.1. The summed E-state index contributed by atoms with van der Waals surface area (Å²) in [5.74, 6) is 1.08. The SMILES string of the molecule is Cc1ccc(CN(C)C(=O)CSc2nnc(CCC(N)=O)n2CC(C)C)c(C)c1. The topological polar surface area (TPSA) is 94.1 Å². The number of thioether (sulfide) groups is 1. The minimum absolute atomic E-state index is 0.0350. The Balaban J connectivity index is 2.01. The molecule has 29 heavy (non-hydrogen) atoms. The molecule has 2 aromatic rings. The van der Waals surface area contributed by atoms with Crippen molar-refractivity contribution in [2.75, 3.05) is 12.8 Å². The molecule has 2 amide bonds. The van der Waals surface area contributed by atoms with Gasteiger partial charge in [-0.05, 0) is 30.9 Å². The zero-order valence-electron chi connectivity index (χ0n) is 17.9. The van der Waals surface area contributed by atoms with Gasteiger partial charge in [0, 0.05) is 33.0 Å². The summed E-state index contributed by atoms with van der Waals surface area (Å²) >= 11 is 1.38. The molecule has 0 fully saturated rings. The molecule has 1 aromatic carbocycles. The molecule has 0 radical (unpaired) electrons. The van der Waals surface area contributed by atoms with Crippen LogP contribution in [0.25, 0.3) is 0 Å². The Hall–Kier alpha value is -2.35. The Kier molecular flexibility index (Phi) is 8.25. The van der Waals surface area contributed by atoms with Crippen molar-refractivity contribution in [3.05, 3.63) is 40.7 Å². The van der Waals surface area contributed by atoms with Crippen molar-refractivity contribution in [2.24, 2.45) is 11.7 Å². The molecule has 8 heteroatoms. The number of rotatable bonds is 10. The number of primary amides is 1. The minimum atomic E-state index is -0.360. The van der Waals surface area contributed by atoms with Crippen molar-refractivity contribution in [2.45, 2.75) is 58.8 Å². The first-order chi connectivity index (χ1) is 13.7. The van der Waals surface area contributed by atoms with Crippen LogP contribution in [-0.4, -0.2) is 44.3 Å². The van der Waals surface area contributed by atoms with Gasteiger partial charge in [-0.15, -0.1) is 10.2 Å². The summed E-state index contributed by atoms with van der Waals surface area (Å²) < 4.78 is 2.00. The number of carbonyl (C=O) groups is 2. The van der Waals surface area contributed by atoms with Gasteiger partial charge in [0.05, 0.1) is 5.75 Å². The highest BCUT2D eigenvalue weighted by Gasteiger charge is 2.17. The fourth-order valence-corrected chi connectivity index (χ4v) is 3.90. The first-order valence-electron chi connectivity index (χ1n) is 9.80. The van der Waals surface area contributed by atoms with E-state index in [2.05, 4.69) is 56.1 Å². The molecular weight excluding hydrogens is 386 g/mol. The molecule has 0 aliphatic heterocycles. The Labute approximate surface area is 177 Å². The lowest BCUT2D eigenvalue weighted by Gasteiger charge is -2.19. The van der Waals surface area contributed by atoms with Crippen molar-refractivity contribution in [1.82, 2.24) is 19.7 Å². The molecule has 0 unspecified atom stereocenters. The number of aryl methyl sites for hydroxylation is 3. The molecule has 2 N–H and O–H groups in total. The first kappa shape index (κ1) is 22.9. The van der Waals surface area contributed by atoms with Crippen molar-refractivity contribution in [3.63, 3.8) is 0 Å². The maximum Gasteiger partial charge on any atom is 0.233 e. The summed E-state index contributed by atoms with van der Waals surface area (Å²) in [4.78, 5) is 25.5. The molecule has 0 spiro atoms. The van der Waals surface area contributed by atoms with E-state index in [4.69, 9.17) is 5.73 Å². The van der Waals surface area contributed by atoms with Crippen molar-refractivity contribution < 1.29 is 9.59 Å². The number of nitrogens with two attached hydrogens (primary N) is 1. The number of hydrogen-bond acceptors (Lipinski definition) is 5. The Bertz CT molecular complexity index is 863. The van der Waals surface area contributed by atoms with Crippen LogP contribution in [0.15, 0.2) is 23.4 Å². The van der Waals surface area contributed by atoms with E-state index in [0.29, 0.717) is 24.0 Å². The second-order valence-corrected chi connectivity index (χ2v) is 8.78. The molecule has 7 nitrogen and oxygen atoms in total. The highest BCUT2D eigenvalue weighted by molar-refractivity contribution is 7.99. The zero-order valence-corrected chi connectivity index (χ0v) is 18.8. The maximum atomic E-state index is 12.6. The van der Waals surface area contributed by atoms with Crippen LogP contribution in [0.4, 0.5) is 0 Å². The number of benzene rings is 1. The fraction of sp³-hybridized carbons (Fsp3) is 0.524. The lowest BCUT2D eigenvalue weighted by molar-refractivity contribution is -0.127. The number of amides is 2. The molecule has 0 saturated heterocycles. The van der Waals surface area contributed by atoms with Gasteiger partial charge in [-0.3, -0.25) is 9.59 Å². The Morgan fingerprint density at radius 2 is 1.97 bits per heavy atom. The molecule has 158 valence electrons. The first-order valence-corrected chi connectivity index (χ1v) is 10.8. The van der Waals surface area contributed by atoms with E-state index in [0.717, 1.165) is 17.9 Å².